The Balaban J connectivity index is 1.79. The molecule has 0 aliphatic carbocycles. The number of hydrogen-bond donors (Lipinski definition) is 2. The minimum absolute atomic E-state index is 0.174. The summed E-state index contributed by atoms with van der Waals surface area (Å²) in [6.45, 7) is 6.53. The summed E-state index contributed by atoms with van der Waals surface area (Å²) >= 11 is 0. The van der Waals surface area contributed by atoms with Crippen molar-refractivity contribution in [2.24, 2.45) is 0 Å². The summed E-state index contributed by atoms with van der Waals surface area (Å²) in [5.41, 5.74) is 4.34. The smallest absolute Gasteiger partial charge is 0.255 e. The third-order valence-corrected chi connectivity index (χ3v) is 4.32. The van der Waals surface area contributed by atoms with Gasteiger partial charge in [0.1, 0.15) is 11.6 Å². The second-order valence-corrected chi connectivity index (χ2v) is 6.19. The molecule has 138 valence electrons. The molecule has 5 nitrogen and oxygen atoms in total. The number of para-hydroxylation sites is 2. The minimum atomic E-state index is -0.174. The Morgan fingerprint density at radius 2 is 1.81 bits per heavy atom. The molecule has 0 saturated heterocycles. The number of pyridine rings is 1. The van der Waals surface area contributed by atoms with Crippen molar-refractivity contribution >= 4 is 23.1 Å². The minimum Gasteiger partial charge on any atom is -0.492 e. The number of benzene rings is 2. The number of nitrogens with one attached hydrogen (secondary N) is 2. The second kappa shape index (κ2) is 8.36. The zero-order valence-electron chi connectivity index (χ0n) is 15.7. The van der Waals surface area contributed by atoms with E-state index in [0.717, 1.165) is 28.3 Å². The number of amides is 1. The first kappa shape index (κ1) is 18.5. The van der Waals surface area contributed by atoms with E-state index in [1.165, 1.54) is 0 Å². The van der Waals surface area contributed by atoms with E-state index in [9.17, 15) is 4.79 Å². The summed E-state index contributed by atoms with van der Waals surface area (Å²) in [5, 5.41) is 6.19. The van der Waals surface area contributed by atoms with E-state index in [4.69, 9.17) is 4.74 Å². The van der Waals surface area contributed by atoms with Crippen LogP contribution in [0, 0.1) is 13.8 Å². The van der Waals surface area contributed by atoms with Crippen LogP contribution in [0.15, 0.2) is 60.8 Å². The summed E-state index contributed by atoms with van der Waals surface area (Å²) in [5.74, 6) is 1.15. The topological polar surface area (TPSA) is 63.2 Å². The normalized spacial score (nSPS) is 10.3. The maximum atomic E-state index is 12.7. The second-order valence-electron chi connectivity index (χ2n) is 6.19. The number of ether oxygens (including phenoxy) is 1. The maximum absolute atomic E-state index is 12.7. The number of carbonyl (C=O) groups is 1. The van der Waals surface area contributed by atoms with Crippen LogP contribution in [0.25, 0.3) is 0 Å². The SMILES string of the molecule is CCOc1ccccc1Nc1cc(C(=O)Nc2cccc(C)c2C)ccn1. The average molecular weight is 361 g/mol. The molecule has 0 spiro atoms. The van der Waals surface area contributed by atoms with Crippen molar-refractivity contribution in [3.05, 3.63) is 77.5 Å². The van der Waals surface area contributed by atoms with Gasteiger partial charge in [0, 0.05) is 17.4 Å². The Morgan fingerprint density at radius 3 is 2.63 bits per heavy atom. The van der Waals surface area contributed by atoms with E-state index in [-0.39, 0.29) is 5.91 Å². The van der Waals surface area contributed by atoms with Crippen LogP contribution in [-0.2, 0) is 0 Å². The molecule has 0 unspecified atom stereocenters. The highest BCUT2D eigenvalue weighted by Crippen LogP contribution is 2.27. The van der Waals surface area contributed by atoms with Gasteiger partial charge in [-0.05, 0) is 62.2 Å². The van der Waals surface area contributed by atoms with Gasteiger partial charge in [-0.2, -0.15) is 0 Å². The maximum Gasteiger partial charge on any atom is 0.255 e. The van der Waals surface area contributed by atoms with Crippen LogP contribution in [-0.4, -0.2) is 17.5 Å². The van der Waals surface area contributed by atoms with Gasteiger partial charge in [-0.25, -0.2) is 4.98 Å². The highest BCUT2D eigenvalue weighted by atomic mass is 16.5. The van der Waals surface area contributed by atoms with Gasteiger partial charge < -0.3 is 15.4 Å². The first-order chi connectivity index (χ1) is 13.1. The number of hydrogen-bond acceptors (Lipinski definition) is 4. The third-order valence-electron chi connectivity index (χ3n) is 4.32. The molecule has 27 heavy (non-hydrogen) atoms. The Labute approximate surface area is 159 Å². The molecule has 0 bridgehead atoms. The van der Waals surface area contributed by atoms with Crippen LogP contribution in [0.5, 0.6) is 5.75 Å². The molecule has 3 aromatic rings. The Kier molecular flexibility index (Phi) is 5.71. The van der Waals surface area contributed by atoms with Gasteiger partial charge in [0.05, 0.1) is 12.3 Å². The zero-order valence-corrected chi connectivity index (χ0v) is 15.7. The van der Waals surface area contributed by atoms with Crippen molar-refractivity contribution in [3.8, 4) is 5.75 Å². The van der Waals surface area contributed by atoms with Gasteiger partial charge in [-0.1, -0.05) is 24.3 Å². The van der Waals surface area contributed by atoms with Crippen molar-refractivity contribution in [2.75, 3.05) is 17.2 Å². The fourth-order valence-electron chi connectivity index (χ4n) is 2.71. The summed E-state index contributed by atoms with van der Waals surface area (Å²) in [6, 6.07) is 16.9. The van der Waals surface area contributed by atoms with Crippen LogP contribution >= 0.6 is 0 Å². The molecule has 1 amide bonds. The summed E-state index contributed by atoms with van der Waals surface area (Å²) < 4.78 is 5.62. The molecule has 5 heteroatoms. The number of aryl methyl sites for hydroxylation is 1. The summed E-state index contributed by atoms with van der Waals surface area (Å²) in [6.07, 6.45) is 1.61. The number of carbonyl (C=O) groups excluding carboxylic acids is 1. The fourth-order valence-corrected chi connectivity index (χ4v) is 2.71. The monoisotopic (exact) mass is 361 g/mol. The molecular formula is C22H23N3O2. The van der Waals surface area contributed by atoms with Crippen molar-refractivity contribution in [1.29, 1.82) is 0 Å². The van der Waals surface area contributed by atoms with Gasteiger partial charge in [0.2, 0.25) is 0 Å². The highest BCUT2D eigenvalue weighted by molar-refractivity contribution is 6.05. The molecule has 0 aliphatic rings. The summed E-state index contributed by atoms with van der Waals surface area (Å²) in [7, 11) is 0. The molecule has 2 N–H and O–H groups in total. The van der Waals surface area contributed by atoms with Gasteiger partial charge in [-0.3, -0.25) is 4.79 Å². The van der Waals surface area contributed by atoms with Gasteiger partial charge in [-0.15, -0.1) is 0 Å². The molecule has 0 saturated carbocycles. The first-order valence-corrected chi connectivity index (χ1v) is 8.91. The Bertz CT molecular complexity index is 954. The number of nitrogens with zero attached hydrogens (tertiary/aromatic N) is 1. The Hall–Kier alpha value is -3.34. The lowest BCUT2D eigenvalue weighted by Gasteiger charge is -2.13. The molecule has 2 aromatic carbocycles. The van der Waals surface area contributed by atoms with Crippen LogP contribution < -0.4 is 15.4 Å². The Morgan fingerprint density at radius 1 is 1.04 bits per heavy atom. The van der Waals surface area contributed by atoms with E-state index in [1.54, 1.807) is 18.3 Å². The van der Waals surface area contributed by atoms with Crippen molar-refractivity contribution in [2.45, 2.75) is 20.8 Å². The van der Waals surface area contributed by atoms with Crippen LogP contribution in [0.3, 0.4) is 0 Å². The predicted molar refractivity (Wildman–Crippen MR) is 109 cm³/mol. The lowest BCUT2D eigenvalue weighted by Crippen LogP contribution is -2.13. The fraction of sp³-hybridized carbons (Fsp3) is 0.182. The van der Waals surface area contributed by atoms with Crippen molar-refractivity contribution < 1.29 is 9.53 Å². The van der Waals surface area contributed by atoms with Crippen LogP contribution in [0.4, 0.5) is 17.2 Å². The van der Waals surface area contributed by atoms with E-state index >= 15 is 0 Å². The van der Waals surface area contributed by atoms with E-state index in [2.05, 4.69) is 15.6 Å². The number of anilines is 3. The highest BCUT2D eigenvalue weighted by Gasteiger charge is 2.11. The standard InChI is InChI=1S/C22H23N3O2/c1-4-27-20-11-6-5-9-19(20)24-21-14-17(12-13-23-21)22(26)25-18-10-7-8-15(2)16(18)3/h5-14H,4H2,1-3H3,(H,23,24)(H,25,26). The molecule has 3 rings (SSSR count). The third kappa shape index (κ3) is 4.44. The lowest BCUT2D eigenvalue weighted by atomic mass is 10.1. The zero-order chi connectivity index (χ0) is 19.2. The largest absolute Gasteiger partial charge is 0.492 e. The molecule has 0 radical (unpaired) electrons. The molecule has 0 atom stereocenters. The number of aromatic nitrogens is 1. The molecule has 0 aliphatic heterocycles. The van der Waals surface area contributed by atoms with Crippen molar-refractivity contribution in [1.82, 2.24) is 4.98 Å². The van der Waals surface area contributed by atoms with Gasteiger partial charge in [0.15, 0.2) is 0 Å². The van der Waals surface area contributed by atoms with Gasteiger partial charge in [0.25, 0.3) is 5.91 Å². The lowest BCUT2D eigenvalue weighted by molar-refractivity contribution is 0.102. The molecule has 1 aromatic heterocycles. The van der Waals surface area contributed by atoms with Gasteiger partial charge >= 0.3 is 0 Å². The predicted octanol–water partition coefficient (Wildman–Crippen LogP) is 5.09. The summed E-state index contributed by atoms with van der Waals surface area (Å²) in [4.78, 5) is 17.0. The van der Waals surface area contributed by atoms with Crippen molar-refractivity contribution in [3.63, 3.8) is 0 Å². The van der Waals surface area contributed by atoms with Crippen LogP contribution in [0.2, 0.25) is 0 Å². The number of rotatable bonds is 6. The van der Waals surface area contributed by atoms with E-state index in [1.807, 2.05) is 63.2 Å². The van der Waals surface area contributed by atoms with E-state index in [0.29, 0.717) is 18.0 Å². The first-order valence-electron chi connectivity index (χ1n) is 8.91. The molecule has 0 fully saturated rings. The quantitative estimate of drug-likeness (QED) is 0.642. The van der Waals surface area contributed by atoms with E-state index < -0.39 is 0 Å². The average Bonchev–Trinajstić information content (AvgIpc) is 2.67. The molecular weight excluding hydrogens is 338 g/mol. The molecule has 1 heterocycles. The van der Waals surface area contributed by atoms with Crippen LogP contribution in [0.1, 0.15) is 28.4 Å².